The van der Waals surface area contributed by atoms with E-state index < -0.39 is 19.7 Å². The topological polar surface area (TPSA) is 118 Å². The maximum absolute atomic E-state index is 11.4. The second kappa shape index (κ2) is 5.65. The molecule has 2 unspecified atom stereocenters. The lowest BCUT2D eigenvalue weighted by molar-refractivity contribution is 0.600. The fourth-order valence-electron chi connectivity index (χ4n) is 2.72. The van der Waals surface area contributed by atoms with E-state index in [9.17, 15) is 16.8 Å². The lowest BCUT2D eigenvalue weighted by Gasteiger charge is -2.14. The molecule has 2 atom stereocenters. The number of rotatable bonds is 4. The average molecular weight is 346 g/mol. The number of hydrogen-bond donors (Lipinski definition) is 2. The van der Waals surface area contributed by atoms with E-state index in [2.05, 4.69) is 20.6 Å². The molecule has 0 amide bonds. The van der Waals surface area contributed by atoms with Gasteiger partial charge in [0.1, 0.15) is 5.82 Å². The highest BCUT2D eigenvalue weighted by Gasteiger charge is 2.29. The molecule has 3 rings (SSSR count). The molecule has 2 fully saturated rings. The molecule has 8 nitrogen and oxygen atoms in total. The third-order valence-corrected chi connectivity index (χ3v) is 7.34. The monoisotopic (exact) mass is 346 g/mol. The molecule has 2 saturated heterocycles. The molecule has 122 valence electrons. The molecule has 2 aliphatic rings. The minimum atomic E-state index is -2.96. The molecule has 0 aliphatic carbocycles. The predicted octanol–water partition coefficient (Wildman–Crippen LogP) is -0.325. The van der Waals surface area contributed by atoms with Gasteiger partial charge in [0.2, 0.25) is 5.95 Å². The van der Waals surface area contributed by atoms with Crippen LogP contribution in [0.15, 0.2) is 12.3 Å². The summed E-state index contributed by atoms with van der Waals surface area (Å²) in [7, 11) is -5.90. The molecule has 3 heterocycles. The van der Waals surface area contributed by atoms with Crippen molar-refractivity contribution in [2.45, 2.75) is 24.9 Å². The van der Waals surface area contributed by atoms with Crippen LogP contribution in [0.2, 0.25) is 0 Å². The Hall–Kier alpha value is -1.42. The van der Waals surface area contributed by atoms with Crippen molar-refractivity contribution in [3.8, 4) is 0 Å². The Labute approximate surface area is 129 Å². The minimum absolute atomic E-state index is 0.0921. The summed E-state index contributed by atoms with van der Waals surface area (Å²) >= 11 is 0. The molecule has 0 radical (unpaired) electrons. The van der Waals surface area contributed by atoms with Crippen molar-refractivity contribution in [2.24, 2.45) is 0 Å². The van der Waals surface area contributed by atoms with E-state index in [0.717, 1.165) is 0 Å². The molecule has 10 heteroatoms. The highest BCUT2D eigenvalue weighted by atomic mass is 32.2. The Morgan fingerprint density at radius 1 is 0.955 bits per heavy atom. The number of anilines is 2. The van der Waals surface area contributed by atoms with Gasteiger partial charge in [0.05, 0.1) is 23.0 Å². The molecule has 1 aromatic rings. The van der Waals surface area contributed by atoms with E-state index in [-0.39, 0.29) is 35.1 Å². The van der Waals surface area contributed by atoms with Gasteiger partial charge < -0.3 is 10.6 Å². The first-order chi connectivity index (χ1) is 10.3. The highest BCUT2D eigenvalue weighted by Crippen LogP contribution is 2.18. The van der Waals surface area contributed by atoms with Crippen molar-refractivity contribution in [2.75, 3.05) is 33.6 Å². The molecule has 0 saturated carbocycles. The summed E-state index contributed by atoms with van der Waals surface area (Å²) in [6.45, 7) is 0. The zero-order valence-electron chi connectivity index (χ0n) is 11.9. The third-order valence-electron chi connectivity index (χ3n) is 3.81. The zero-order chi connectivity index (χ0) is 15.8. The Kier molecular flexibility index (Phi) is 3.98. The van der Waals surface area contributed by atoms with Crippen molar-refractivity contribution >= 4 is 31.4 Å². The zero-order valence-corrected chi connectivity index (χ0v) is 13.5. The molecule has 2 N–H and O–H groups in total. The van der Waals surface area contributed by atoms with Crippen molar-refractivity contribution in [1.29, 1.82) is 0 Å². The van der Waals surface area contributed by atoms with Gasteiger partial charge >= 0.3 is 0 Å². The third kappa shape index (κ3) is 3.86. The molecule has 22 heavy (non-hydrogen) atoms. The fourth-order valence-corrected chi connectivity index (χ4v) is 6.06. The number of hydrogen-bond acceptors (Lipinski definition) is 8. The van der Waals surface area contributed by atoms with E-state index in [4.69, 9.17) is 0 Å². The quantitative estimate of drug-likeness (QED) is 0.761. The number of sulfone groups is 2. The summed E-state index contributed by atoms with van der Waals surface area (Å²) in [5.41, 5.74) is 0. The molecule has 2 aliphatic heterocycles. The Morgan fingerprint density at radius 2 is 1.55 bits per heavy atom. The average Bonchev–Trinajstić information content (AvgIpc) is 2.92. The second-order valence-corrected chi connectivity index (χ2v) is 10.2. The van der Waals surface area contributed by atoms with Crippen LogP contribution in [0.3, 0.4) is 0 Å². The highest BCUT2D eigenvalue weighted by molar-refractivity contribution is 7.91. The summed E-state index contributed by atoms with van der Waals surface area (Å²) in [5, 5.41) is 6.11. The summed E-state index contributed by atoms with van der Waals surface area (Å²) in [5.74, 6) is 1.48. The van der Waals surface area contributed by atoms with Gasteiger partial charge in [0, 0.05) is 18.3 Å². The molecular weight excluding hydrogens is 328 g/mol. The van der Waals surface area contributed by atoms with E-state index in [0.29, 0.717) is 24.6 Å². The number of aromatic nitrogens is 2. The van der Waals surface area contributed by atoms with Crippen LogP contribution < -0.4 is 10.6 Å². The van der Waals surface area contributed by atoms with Gasteiger partial charge in [-0.3, -0.25) is 0 Å². The molecular formula is C12H18N4O4S2. The Bertz CT molecular complexity index is 702. The number of nitrogens with one attached hydrogen (secondary N) is 2. The summed E-state index contributed by atoms with van der Waals surface area (Å²) in [4.78, 5) is 8.35. The van der Waals surface area contributed by atoms with Gasteiger partial charge in [-0.05, 0) is 18.9 Å². The van der Waals surface area contributed by atoms with Crippen LogP contribution >= 0.6 is 0 Å². The van der Waals surface area contributed by atoms with Crippen LogP contribution in [0.25, 0.3) is 0 Å². The van der Waals surface area contributed by atoms with Crippen LogP contribution in [-0.4, -0.2) is 61.9 Å². The molecule has 0 aromatic carbocycles. The van der Waals surface area contributed by atoms with Gasteiger partial charge in [0.15, 0.2) is 19.7 Å². The lowest BCUT2D eigenvalue weighted by atomic mass is 10.2. The largest absolute Gasteiger partial charge is 0.366 e. The van der Waals surface area contributed by atoms with Gasteiger partial charge in [-0.15, -0.1) is 0 Å². The van der Waals surface area contributed by atoms with Crippen molar-refractivity contribution in [3.63, 3.8) is 0 Å². The summed E-state index contributed by atoms with van der Waals surface area (Å²) < 4.78 is 45.8. The minimum Gasteiger partial charge on any atom is -0.366 e. The van der Waals surface area contributed by atoms with Crippen LogP contribution in [0.4, 0.5) is 11.8 Å². The first-order valence-electron chi connectivity index (χ1n) is 7.08. The van der Waals surface area contributed by atoms with Crippen molar-refractivity contribution in [3.05, 3.63) is 12.3 Å². The van der Waals surface area contributed by atoms with Gasteiger partial charge in [0.25, 0.3) is 0 Å². The van der Waals surface area contributed by atoms with Gasteiger partial charge in [-0.2, -0.15) is 4.98 Å². The van der Waals surface area contributed by atoms with E-state index in [1.165, 1.54) is 0 Å². The summed E-state index contributed by atoms with van der Waals surface area (Å²) in [6.07, 6.45) is 2.67. The first-order valence-corrected chi connectivity index (χ1v) is 10.7. The first kappa shape index (κ1) is 15.5. The van der Waals surface area contributed by atoms with Gasteiger partial charge in [-0.25, -0.2) is 21.8 Å². The van der Waals surface area contributed by atoms with Crippen molar-refractivity contribution < 1.29 is 16.8 Å². The lowest BCUT2D eigenvalue weighted by Crippen LogP contribution is -2.24. The SMILES string of the molecule is O=S1(=O)CCC(Nc2ccnc(NC3CCS(=O)(=O)C3)n2)C1. The van der Waals surface area contributed by atoms with E-state index in [1.54, 1.807) is 12.3 Å². The fraction of sp³-hybridized carbons (Fsp3) is 0.667. The Morgan fingerprint density at radius 3 is 2.09 bits per heavy atom. The van der Waals surface area contributed by atoms with E-state index in [1.807, 2.05) is 0 Å². The standard InChI is InChI=1S/C12H18N4O4S2/c17-21(18)5-2-9(7-21)14-11-1-4-13-12(16-11)15-10-3-6-22(19,20)8-10/h1,4,9-10H,2-3,5-8H2,(H2,13,14,15,16). The smallest absolute Gasteiger partial charge is 0.224 e. The molecule has 0 spiro atoms. The second-order valence-electron chi connectivity index (χ2n) is 5.75. The van der Waals surface area contributed by atoms with Crippen molar-refractivity contribution in [1.82, 2.24) is 9.97 Å². The molecule has 0 bridgehead atoms. The van der Waals surface area contributed by atoms with Crippen LogP contribution in [-0.2, 0) is 19.7 Å². The maximum atomic E-state index is 11.4. The van der Waals surface area contributed by atoms with Crippen LogP contribution in [0.5, 0.6) is 0 Å². The Balaban J connectivity index is 1.63. The normalized spacial score (nSPS) is 29.3. The van der Waals surface area contributed by atoms with Gasteiger partial charge in [-0.1, -0.05) is 0 Å². The molecule has 1 aromatic heterocycles. The number of nitrogens with zero attached hydrogens (tertiary/aromatic N) is 2. The van der Waals surface area contributed by atoms with Crippen LogP contribution in [0.1, 0.15) is 12.8 Å². The maximum Gasteiger partial charge on any atom is 0.224 e. The summed E-state index contributed by atoms with van der Waals surface area (Å²) in [6, 6.07) is 1.35. The van der Waals surface area contributed by atoms with Crippen LogP contribution in [0, 0.1) is 0 Å². The predicted molar refractivity (Wildman–Crippen MR) is 83.4 cm³/mol. The van der Waals surface area contributed by atoms with E-state index >= 15 is 0 Å².